The first-order valence-electron chi connectivity index (χ1n) is 6.10. The number of rotatable bonds is 4. The summed E-state index contributed by atoms with van der Waals surface area (Å²) in [7, 11) is 0. The Morgan fingerprint density at radius 2 is 1.88 bits per heavy atom. The smallest absolute Gasteiger partial charge is 0.227 e. The molecule has 0 bridgehead atoms. The molecule has 0 aromatic heterocycles. The van der Waals surface area contributed by atoms with Crippen molar-refractivity contribution in [2.75, 3.05) is 19.8 Å². The molecule has 1 saturated heterocycles. The number of nitrogens with one attached hydrogen (secondary N) is 1. The van der Waals surface area contributed by atoms with Crippen LogP contribution in [0.2, 0.25) is 0 Å². The van der Waals surface area contributed by atoms with Gasteiger partial charge in [-0.25, -0.2) is 0 Å². The molecule has 1 aliphatic heterocycles. The molecule has 1 unspecified atom stereocenters. The van der Waals surface area contributed by atoms with Crippen molar-refractivity contribution in [1.29, 1.82) is 0 Å². The molecule has 1 rings (SSSR count). The molecule has 0 radical (unpaired) electrons. The third-order valence-corrected chi connectivity index (χ3v) is 3.68. The SMILES string of the molecule is CC(C)C(C)NC(=O)C1(CN)CCOCC1.Cl. The minimum Gasteiger partial charge on any atom is -0.381 e. The molecule has 3 N–H and O–H groups in total. The van der Waals surface area contributed by atoms with E-state index in [-0.39, 0.29) is 24.4 Å². The normalized spacial score (nSPS) is 20.5. The van der Waals surface area contributed by atoms with Gasteiger partial charge in [0.15, 0.2) is 0 Å². The Hall–Kier alpha value is -0.320. The maximum Gasteiger partial charge on any atom is 0.227 e. The van der Waals surface area contributed by atoms with Gasteiger partial charge in [-0.2, -0.15) is 0 Å². The molecule has 0 aliphatic carbocycles. The van der Waals surface area contributed by atoms with Crippen LogP contribution in [0.1, 0.15) is 33.6 Å². The fourth-order valence-electron chi connectivity index (χ4n) is 1.81. The van der Waals surface area contributed by atoms with E-state index in [1.54, 1.807) is 0 Å². The Labute approximate surface area is 110 Å². The van der Waals surface area contributed by atoms with E-state index in [1.807, 2.05) is 6.92 Å². The highest BCUT2D eigenvalue weighted by Crippen LogP contribution is 2.29. The van der Waals surface area contributed by atoms with Crippen LogP contribution < -0.4 is 11.1 Å². The Bertz CT molecular complexity index is 241. The number of carbonyl (C=O) groups is 1. The van der Waals surface area contributed by atoms with Gasteiger partial charge in [0.05, 0.1) is 5.41 Å². The zero-order valence-corrected chi connectivity index (χ0v) is 11.8. The molecule has 0 saturated carbocycles. The summed E-state index contributed by atoms with van der Waals surface area (Å²) in [4.78, 5) is 12.2. The van der Waals surface area contributed by atoms with Gasteiger partial charge in [0.1, 0.15) is 0 Å². The molecule has 0 spiro atoms. The molecule has 1 amide bonds. The summed E-state index contributed by atoms with van der Waals surface area (Å²) in [6.45, 7) is 7.93. The lowest BCUT2D eigenvalue weighted by molar-refractivity contribution is -0.136. The van der Waals surface area contributed by atoms with E-state index in [2.05, 4.69) is 19.2 Å². The average molecular weight is 265 g/mol. The van der Waals surface area contributed by atoms with Crippen LogP contribution in [0.25, 0.3) is 0 Å². The van der Waals surface area contributed by atoms with Crippen molar-refractivity contribution in [1.82, 2.24) is 5.32 Å². The molecule has 102 valence electrons. The van der Waals surface area contributed by atoms with Crippen molar-refractivity contribution < 1.29 is 9.53 Å². The predicted octanol–water partition coefficient (Wildman–Crippen LogP) is 1.32. The molecule has 0 aromatic carbocycles. The van der Waals surface area contributed by atoms with Crippen LogP contribution in [-0.2, 0) is 9.53 Å². The van der Waals surface area contributed by atoms with E-state index in [9.17, 15) is 4.79 Å². The van der Waals surface area contributed by atoms with Crippen LogP contribution in [0.3, 0.4) is 0 Å². The predicted molar refractivity (Wildman–Crippen MR) is 71.2 cm³/mol. The Morgan fingerprint density at radius 3 is 2.29 bits per heavy atom. The summed E-state index contributed by atoms with van der Waals surface area (Å²) in [5.41, 5.74) is 5.37. The highest BCUT2D eigenvalue weighted by Gasteiger charge is 2.39. The number of hydrogen-bond acceptors (Lipinski definition) is 3. The second-order valence-electron chi connectivity index (χ2n) is 5.10. The molecule has 5 heteroatoms. The van der Waals surface area contributed by atoms with Gasteiger partial charge in [-0.1, -0.05) is 13.8 Å². The van der Waals surface area contributed by atoms with E-state index in [4.69, 9.17) is 10.5 Å². The monoisotopic (exact) mass is 264 g/mol. The number of halogens is 1. The number of ether oxygens (including phenoxy) is 1. The molecule has 17 heavy (non-hydrogen) atoms. The van der Waals surface area contributed by atoms with Crippen molar-refractivity contribution in [3.8, 4) is 0 Å². The van der Waals surface area contributed by atoms with Gasteiger partial charge in [-0.3, -0.25) is 4.79 Å². The summed E-state index contributed by atoms with van der Waals surface area (Å²) >= 11 is 0. The number of hydrogen-bond donors (Lipinski definition) is 2. The van der Waals surface area contributed by atoms with Gasteiger partial charge in [0, 0.05) is 25.8 Å². The lowest BCUT2D eigenvalue weighted by Crippen LogP contribution is -2.52. The summed E-state index contributed by atoms with van der Waals surface area (Å²) in [6, 6.07) is 0.193. The standard InChI is InChI=1S/C12H24N2O2.ClH/c1-9(2)10(3)14-11(15)12(8-13)4-6-16-7-5-12;/h9-10H,4-8,13H2,1-3H3,(H,14,15);1H. The van der Waals surface area contributed by atoms with Crippen molar-refractivity contribution >= 4 is 18.3 Å². The third kappa shape index (κ3) is 4.12. The highest BCUT2D eigenvalue weighted by molar-refractivity contribution is 5.85. The second-order valence-corrected chi connectivity index (χ2v) is 5.10. The second kappa shape index (κ2) is 7.19. The molecule has 4 nitrogen and oxygen atoms in total. The molecular weight excluding hydrogens is 240 g/mol. The number of amides is 1. The van der Waals surface area contributed by atoms with E-state index >= 15 is 0 Å². The average Bonchev–Trinajstić information content (AvgIpc) is 2.29. The molecule has 0 aromatic rings. The zero-order valence-electron chi connectivity index (χ0n) is 11.0. The first-order valence-corrected chi connectivity index (χ1v) is 6.10. The highest BCUT2D eigenvalue weighted by atomic mass is 35.5. The van der Waals surface area contributed by atoms with Gasteiger partial charge >= 0.3 is 0 Å². The Balaban J connectivity index is 0.00000256. The summed E-state index contributed by atoms with van der Waals surface area (Å²) in [6.07, 6.45) is 1.47. The van der Waals surface area contributed by atoms with Crippen LogP contribution in [0.15, 0.2) is 0 Å². The summed E-state index contributed by atoms with van der Waals surface area (Å²) < 4.78 is 5.29. The van der Waals surface area contributed by atoms with Gasteiger partial charge in [-0.15, -0.1) is 12.4 Å². The number of carbonyl (C=O) groups excluding carboxylic acids is 1. The van der Waals surface area contributed by atoms with E-state index < -0.39 is 5.41 Å². The first kappa shape index (κ1) is 16.7. The molecule has 1 fully saturated rings. The molecule has 1 aliphatic rings. The fraction of sp³-hybridized carbons (Fsp3) is 0.917. The van der Waals surface area contributed by atoms with Gasteiger partial charge in [0.25, 0.3) is 0 Å². The van der Waals surface area contributed by atoms with Crippen molar-refractivity contribution in [2.45, 2.75) is 39.7 Å². The lowest BCUT2D eigenvalue weighted by atomic mass is 9.79. The first-order chi connectivity index (χ1) is 7.52. The fourth-order valence-corrected chi connectivity index (χ4v) is 1.81. The maximum atomic E-state index is 12.2. The molecule has 1 atom stereocenters. The van der Waals surface area contributed by atoms with Crippen LogP contribution in [0, 0.1) is 11.3 Å². The molecule has 1 heterocycles. The van der Waals surface area contributed by atoms with Crippen LogP contribution >= 0.6 is 12.4 Å². The van der Waals surface area contributed by atoms with E-state index in [0.717, 1.165) is 12.8 Å². The van der Waals surface area contributed by atoms with Crippen molar-refractivity contribution in [2.24, 2.45) is 17.1 Å². The Morgan fingerprint density at radius 1 is 1.35 bits per heavy atom. The largest absolute Gasteiger partial charge is 0.381 e. The van der Waals surface area contributed by atoms with E-state index in [1.165, 1.54) is 0 Å². The third-order valence-electron chi connectivity index (χ3n) is 3.68. The number of nitrogens with two attached hydrogens (primary N) is 1. The Kier molecular flexibility index (Phi) is 7.05. The van der Waals surface area contributed by atoms with Crippen molar-refractivity contribution in [3.05, 3.63) is 0 Å². The topological polar surface area (TPSA) is 64.4 Å². The quantitative estimate of drug-likeness (QED) is 0.805. The molecular formula is C12H25ClN2O2. The van der Waals surface area contributed by atoms with Crippen LogP contribution in [-0.4, -0.2) is 31.7 Å². The zero-order chi connectivity index (χ0) is 12.2. The minimum atomic E-state index is -0.401. The van der Waals surface area contributed by atoms with Gasteiger partial charge in [0.2, 0.25) is 5.91 Å². The van der Waals surface area contributed by atoms with Gasteiger partial charge in [-0.05, 0) is 25.7 Å². The van der Waals surface area contributed by atoms with Crippen LogP contribution in [0.4, 0.5) is 0 Å². The summed E-state index contributed by atoms with van der Waals surface area (Å²) in [5, 5.41) is 3.07. The van der Waals surface area contributed by atoms with E-state index in [0.29, 0.717) is 25.7 Å². The van der Waals surface area contributed by atoms with Gasteiger partial charge < -0.3 is 15.8 Å². The van der Waals surface area contributed by atoms with Crippen molar-refractivity contribution in [3.63, 3.8) is 0 Å². The lowest BCUT2D eigenvalue weighted by Gasteiger charge is -2.36. The maximum absolute atomic E-state index is 12.2. The summed E-state index contributed by atoms with van der Waals surface area (Å²) in [5.74, 6) is 0.540. The van der Waals surface area contributed by atoms with Crippen LogP contribution in [0.5, 0.6) is 0 Å². The minimum absolute atomic E-state index is 0.